The fourth-order valence-electron chi connectivity index (χ4n) is 1.70. The summed E-state index contributed by atoms with van der Waals surface area (Å²) in [5, 5.41) is 0. The fraction of sp³-hybridized carbons (Fsp3) is 0.917. The Balaban J connectivity index is 4.51. The van der Waals surface area contributed by atoms with Crippen LogP contribution < -0.4 is 5.73 Å². The van der Waals surface area contributed by atoms with Crippen LogP contribution in [0.3, 0.4) is 0 Å². The van der Waals surface area contributed by atoms with E-state index >= 15 is 0 Å². The van der Waals surface area contributed by atoms with Crippen molar-refractivity contribution in [2.75, 3.05) is 20.3 Å². The summed E-state index contributed by atoms with van der Waals surface area (Å²) in [4.78, 5) is 13.9. The predicted molar refractivity (Wildman–Crippen MR) is 66.2 cm³/mol. The quantitative estimate of drug-likeness (QED) is 0.716. The molecule has 0 saturated carbocycles. The summed E-state index contributed by atoms with van der Waals surface area (Å²) in [6.07, 6.45) is 0.920. The minimum Gasteiger partial charge on any atom is -0.383 e. The number of hydrogen-bond acceptors (Lipinski definition) is 3. The Labute approximate surface area is 99.1 Å². The zero-order valence-corrected chi connectivity index (χ0v) is 11.2. The minimum atomic E-state index is -0.399. The number of carbonyl (C=O) groups is 1. The van der Waals surface area contributed by atoms with Crippen molar-refractivity contribution in [2.24, 2.45) is 11.7 Å². The van der Waals surface area contributed by atoms with Crippen molar-refractivity contribution in [3.8, 4) is 0 Å². The normalized spacial score (nSPS) is 16.6. The molecule has 0 spiro atoms. The van der Waals surface area contributed by atoms with E-state index in [1.807, 2.05) is 27.7 Å². The van der Waals surface area contributed by atoms with E-state index in [9.17, 15) is 4.79 Å². The molecule has 3 unspecified atom stereocenters. The third-order valence-electron chi connectivity index (χ3n) is 3.11. The third kappa shape index (κ3) is 4.10. The average molecular weight is 230 g/mol. The highest BCUT2D eigenvalue weighted by molar-refractivity contribution is 5.82. The molecule has 0 aromatic rings. The summed E-state index contributed by atoms with van der Waals surface area (Å²) < 4.78 is 5.07. The van der Waals surface area contributed by atoms with Crippen LogP contribution in [0.25, 0.3) is 0 Å². The molecule has 0 radical (unpaired) electrons. The fourth-order valence-corrected chi connectivity index (χ4v) is 1.70. The maximum Gasteiger partial charge on any atom is 0.240 e. The topological polar surface area (TPSA) is 55.6 Å². The Hall–Kier alpha value is -0.610. The van der Waals surface area contributed by atoms with Crippen molar-refractivity contribution in [3.05, 3.63) is 0 Å². The minimum absolute atomic E-state index is 0.0291. The molecule has 0 saturated heterocycles. The number of nitrogens with zero attached hydrogens (tertiary/aromatic N) is 1. The van der Waals surface area contributed by atoms with E-state index in [1.165, 1.54) is 0 Å². The molecule has 4 nitrogen and oxygen atoms in total. The highest BCUT2D eigenvalue weighted by Crippen LogP contribution is 2.10. The molecule has 0 aliphatic rings. The number of ether oxygens (including phenoxy) is 1. The second-order valence-corrected chi connectivity index (χ2v) is 4.34. The van der Waals surface area contributed by atoms with E-state index in [2.05, 4.69) is 0 Å². The molecule has 0 heterocycles. The molecule has 3 atom stereocenters. The van der Waals surface area contributed by atoms with Gasteiger partial charge in [-0.3, -0.25) is 4.79 Å². The van der Waals surface area contributed by atoms with Gasteiger partial charge in [-0.1, -0.05) is 20.3 Å². The first kappa shape index (κ1) is 15.4. The van der Waals surface area contributed by atoms with E-state index < -0.39 is 6.04 Å². The Bertz CT molecular complexity index is 209. The van der Waals surface area contributed by atoms with E-state index in [-0.39, 0.29) is 17.9 Å². The van der Waals surface area contributed by atoms with Gasteiger partial charge in [0, 0.05) is 13.7 Å². The summed E-state index contributed by atoms with van der Waals surface area (Å²) in [5.41, 5.74) is 5.95. The number of likely N-dealkylation sites (N-methyl/N-ethyl adjacent to an activating group) is 1. The number of methoxy groups -OCH3 is 1. The van der Waals surface area contributed by atoms with E-state index in [0.29, 0.717) is 13.2 Å². The molecule has 0 fully saturated rings. The first-order chi connectivity index (χ1) is 7.49. The van der Waals surface area contributed by atoms with Gasteiger partial charge in [-0.05, 0) is 19.8 Å². The molecule has 4 heteroatoms. The van der Waals surface area contributed by atoms with Crippen molar-refractivity contribution in [2.45, 2.75) is 46.2 Å². The number of hydrogen-bond donors (Lipinski definition) is 1. The van der Waals surface area contributed by atoms with Gasteiger partial charge in [-0.15, -0.1) is 0 Å². The Morgan fingerprint density at radius 3 is 2.31 bits per heavy atom. The Kier molecular flexibility index (Phi) is 7.34. The van der Waals surface area contributed by atoms with Gasteiger partial charge in [0.05, 0.1) is 18.7 Å². The third-order valence-corrected chi connectivity index (χ3v) is 3.11. The highest BCUT2D eigenvalue weighted by atomic mass is 16.5. The van der Waals surface area contributed by atoms with Crippen LogP contribution >= 0.6 is 0 Å². The molecule has 96 valence electrons. The van der Waals surface area contributed by atoms with Gasteiger partial charge in [-0.2, -0.15) is 0 Å². The van der Waals surface area contributed by atoms with Crippen LogP contribution in [-0.2, 0) is 9.53 Å². The van der Waals surface area contributed by atoms with Crippen molar-refractivity contribution < 1.29 is 9.53 Å². The van der Waals surface area contributed by atoms with Crippen LogP contribution in [0.2, 0.25) is 0 Å². The van der Waals surface area contributed by atoms with Crippen molar-refractivity contribution in [1.82, 2.24) is 4.90 Å². The van der Waals surface area contributed by atoms with Crippen LogP contribution in [0.15, 0.2) is 0 Å². The van der Waals surface area contributed by atoms with Gasteiger partial charge in [0.15, 0.2) is 0 Å². The van der Waals surface area contributed by atoms with Gasteiger partial charge in [-0.25, -0.2) is 0 Å². The van der Waals surface area contributed by atoms with E-state index in [4.69, 9.17) is 10.5 Å². The zero-order chi connectivity index (χ0) is 12.7. The van der Waals surface area contributed by atoms with Gasteiger partial charge in [0.2, 0.25) is 5.91 Å². The monoisotopic (exact) mass is 230 g/mol. The lowest BCUT2D eigenvalue weighted by Gasteiger charge is -2.31. The second kappa shape index (κ2) is 7.63. The van der Waals surface area contributed by atoms with Gasteiger partial charge >= 0.3 is 0 Å². The maximum atomic E-state index is 12.1. The largest absolute Gasteiger partial charge is 0.383 e. The Morgan fingerprint density at radius 1 is 1.38 bits per heavy atom. The van der Waals surface area contributed by atoms with Crippen LogP contribution in [-0.4, -0.2) is 43.2 Å². The molecular weight excluding hydrogens is 204 g/mol. The Morgan fingerprint density at radius 2 is 1.94 bits per heavy atom. The second-order valence-electron chi connectivity index (χ2n) is 4.34. The zero-order valence-electron chi connectivity index (χ0n) is 11.2. The lowest BCUT2D eigenvalue weighted by molar-refractivity contribution is -0.136. The summed E-state index contributed by atoms with van der Waals surface area (Å²) >= 11 is 0. The molecule has 0 aromatic carbocycles. The molecular formula is C12H26N2O2. The first-order valence-corrected chi connectivity index (χ1v) is 6.04. The van der Waals surface area contributed by atoms with Crippen molar-refractivity contribution >= 4 is 5.91 Å². The smallest absolute Gasteiger partial charge is 0.240 e. The number of rotatable bonds is 7. The van der Waals surface area contributed by atoms with E-state index in [1.54, 1.807) is 12.0 Å². The molecule has 0 aliphatic heterocycles. The molecule has 0 rings (SSSR count). The predicted octanol–water partition coefficient (Wildman–Crippen LogP) is 1.24. The number of amides is 1. The first-order valence-electron chi connectivity index (χ1n) is 6.04. The SMILES string of the molecule is CCC(C)C(N)C(=O)N(CC)C(C)COC. The average Bonchev–Trinajstić information content (AvgIpc) is 2.28. The molecule has 0 aliphatic carbocycles. The maximum absolute atomic E-state index is 12.1. The van der Waals surface area contributed by atoms with Crippen LogP contribution in [0.4, 0.5) is 0 Å². The molecule has 2 N–H and O–H groups in total. The lowest BCUT2D eigenvalue weighted by atomic mass is 9.98. The van der Waals surface area contributed by atoms with E-state index in [0.717, 1.165) is 6.42 Å². The molecule has 1 amide bonds. The molecule has 16 heavy (non-hydrogen) atoms. The van der Waals surface area contributed by atoms with Crippen molar-refractivity contribution in [1.29, 1.82) is 0 Å². The highest BCUT2D eigenvalue weighted by Gasteiger charge is 2.26. The van der Waals surface area contributed by atoms with Crippen LogP contribution in [0, 0.1) is 5.92 Å². The summed E-state index contributed by atoms with van der Waals surface area (Å²) in [6.45, 7) is 9.23. The van der Waals surface area contributed by atoms with Gasteiger partial charge in [0.25, 0.3) is 0 Å². The molecule has 0 bridgehead atoms. The summed E-state index contributed by atoms with van der Waals surface area (Å²) in [6, 6.07) is -0.318. The number of nitrogens with two attached hydrogens (primary N) is 1. The lowest BCUT2D eigenvalue weighted by Crippen LogP contribution is -2.51. The van der Waals surface area contributed by atoms with Gasteiger partial charge in [0.1, 0.15) is 0 Å². The number of carbonyl (C=O) groups excluding carboxylic acids is 1. The van der Waals surface area contributed by atoms with Gasteiger partial charge < -0.3 is 15.4 Å². The summed E-state index contributed by atoms with van der Waals surface area (Å²) in [7, 11) is 1.64. The standard InChI is InChI=1S/C12H26N2O2/c1-6-9(3)11(13)12(15)14(7-2)10(4)8-16-5/h9-11H,6-8,13H2,1-5H3. The molecule has 0 aromatic heterocycles. The summed E-state index contributed by atoms with van der Waals surface area (Å²) in [5.74, 6) is 0.248. The van der Waals surface area contributed by atoms with Crippen molar-refractivity contribution in [3.63, 3.8) is 0 Å². The van der Waals surface area contributed by atoms with Crippen LogP contribution in [0.5, 0.6) is 0 Å². The van der Waals surface area contributed by atoms with Crippen LogP contribution in [0.1, 0.15) is 34.1 Å².